The molecule has 0 N–H and O–H groups in total. The average molecular weight is 441 g/mol. The number of hydrogen-bond donors (Lipinski definition) is 0. The van der Waals surface area contributed by atoms with Crippen LogP contribution in [0.1, 0.15) is 30.8 Å². The van der Waals surface area contributed by atoms with Crippen LogP contribution in [0, 0.1) is 0 Å². The van der Waals surface area contributed by atoms with Gasteiger partial charge in [0, 0.05) is 36.9 Å². The molecule has 2 aliphatic rings. The molecule has 0 saturated carbocycles. The standard InChI is InChI=1S/C22H25ClN6O2/c1-2-19(28-10-8-27(9-11-28)18-5-3-4-17(23)13-18)22-24-25-26-29(22)14-16-6-7-20-21(12-16)31-15-30-20/h3-7,12-13,19H,2,8-11,14-15H2,1H3. The van der Waals surface area contributed by atoms with Gasteiger partial charge < -0.3 is 14.4 Å². The van der Waals surface area contributed by atoms with Crippen LogP contribution < -0.4 is 14.4 Å². The molecule has 162 valence electrons. The molecule has 0 bridgehead atoms. The number of ether oxygens (including phenoxy) is 2. The van der Waals surface area contributed by atoms with Crippen LogP contribution in [-0.4, -0.2) is 58.1 Å². The van der Waals surface area contributed by atoms with Crippen molar-refractivity contribution in [2.75, 3.05) is 37.9 Å². The Bertz CT molecular complexity index is 1050. The van der Waals surface area contributed by atoms with Crippen LogP contribution in [0.5, 0.6) is 11.5 Å². The summed E-state index contributed by atoms with van der Waals surface area (Å²) in [6, 6.07) is 14.2. The number of tetrazole rings is 1. The van der Waals surface area contributed by atoms with Gasteiger partial charge in [-0.3, -0.25) is 4.90 Å². The van der Waals surface area contributed by atoms with Crippen molar-refractivity contribution in [2.45, 2.75) is 25.9 Å². The van der Waals surface area contributed by atoms with Gasteiger partial charge >= 0.3 is 0 Å². The van der Waals surface area contributed by atoms with Crippen molar-refractivity contribution < 1.29 is 9.47 Å². The highest BCUT2D eigenvalue weighted by Crippen LogP contribution is 2.33. The van der Waals surface area contributed by atoms with Gasteiger partial charge in [-0.15, -0.1) is 5.10 Å². The van der Waals surface area contributed by atoms with Crippen LogP contribution in [0.25, 0.3) is 0 Å². The lowest BCUT2D eigenvalue weighted by Gasteiger charge is -2.39. The Balaban J connectivity index is 1.28. The summed E-state index contributed by atoms with van der Waals surface area (Å²) in [5, 5.41) is 13.4. The van der Waals surface area contributed by atoms with Crippen molar-refractivity contribution in [3.05, 3.63) is 58.9 Å². The summed E-state index contributed by atoms with van der Waals surface area (Å²) < 4.78 is 12.8. The van der Waals surface area contributed by atoms with Crippen LogP contribution in [0.3, 0.4) is 0 Å². The molecule has 9 heteroatoms. The first-order valence-corrected chi connectivity index (χ1v) is 11.0. The summed E-state index contributed by atoms with van der Waals surface area (Å²) in [4.78, 5) is 4.85. The Labute approximate surface area is 186 Å². The molecule has 3 heterocycles. The van der Waals surface area contributed by atoms with Gasteiger partial charge in [-0.25, -0.2) is 4.68 Å². The molecule has 1 fully saturated rings. The third-order valence-corrected chi connectivity index (χ3v) is 6.18. The molecule has 8 nitrogen and oxygen atoms in total. The predicted octanol–water partition coefficient (Wildman–Crippen LogP) is 3.38. The van der Waals surface area contributed by atoms with E-state index in [9.17, 15) is 0 Å². The molecule has 2 aliphatic heterocycles. The van der Waals surface area contributed by atoms with Gasteiger partial charge in [-0.1, -0.05) is 30.7 Å². The number of anilines is 1. The minimum Gasteiger partial charge on any atom is -0.454 e. The molecular formula is C22H25ClN6O2. The number of fused-ring (bicyclic) bond motifs is 1. The van der Waals surface area contributed by atoms with Gasteiger partial charge in [0.15, 0.2) is 17.3 Å². The summed E-state index contributed by atoms with van der Waals surface area (Å²) in [6.07, 6.45) is 0.943. The van der Waals surface area contributed by atoms with Crippen molar-refractivity contribution >= 4 is 17.3 Å². The Hall–Kier alpha value is -2.84. The monoisotopic (exact) mass is 440 g/mol. The lowest BCUT2D eigenvalue weighted by molar-refractivity contribution is 0.169. The van der Waals surface area contributed by atoms with E-state index in [1.807, 2.05) is 41.1 Å². The SMILES string of the molecule is CCC(c1nnnn1Cc1ccc2c(c1)OCO2)N1CCN(c2cccc(Cl)c2)CC1. The zero-order valence-electron chi connectivity index (χ0n) is 17.4. The second-order valence-corrected chi connectivity index (χ2v) is 8.25. The number of benzene rings is 2. The Morgan fingerprint density at radius 1 is 1.03 bits per heavy atom. The van der Waals surface area contributed by atoms with Crippen LogP contribution >= 0.6 is 11.6 Å². The fraction of sp³-hybridized carbons (Fsp3) is 0.409. The molecule has 0 radical (unpaired) electrons. The minimum atomic E-state index is 0.172. The highest BCUT2D eigenvalue weighted by atomic mass is 35.5. The summed E-state index contributed by atoms with van der Waals surface area (Å²) in [5.74, 6) is 2.46. The predicted molar refractivity (Wildman–Crippen MR) is 118 cm³/mol. The van der Waals surface area contributed by atoms with E-state index in [2.05, 4.69) is 38.3 Å². The molecule has 0 spiro atoms. The first-order chi connectivity index (χ1) is 15.2. The third kappa shape index (κ3) is 4.18. The maximum absolute atomic E-state index is 6.17. The summed E-state index contributed by atoms with van der Waals surface area (Å²) in [6.45, 7) is 6.84. The highest BCUT2D eigenvalue weighted by molar-refractivity contribution is 6.30. The zero-order valence-corrected chi connectivity index (χ0v) is 18.2. The largest absolute Gasteiger partial charge is 0.454 e. The maximum Gasteiger partial charge on any atom is 0.231 e. The topological polar surface area (TPSA) is 68.5 Å². The fourth-order valence-corrected chi connectivity index (χ4v) is 4.53. The van der Waals surface area contributed by atoms with Crippen LogP contribution in [-0.2, 0) is 6.54 Å². The van der Waals surface area contributed by atoms with Gasteiger partial charge in [-0.2, -0.15) is 0 Å². The number of rotatable bonds is 6. The Kier molecular flexibility index (Phi) is 5.65. The van der Waals surface area contributed by atoms with Gasteiger partial charge in [0.2, 0.25) is 6.79 Å². The van der Waals surface area contributed by atoms with Crippen LogP contribution in [0.2, 0.25) is 5.02 Å². The van der Waals surface area contributed by atoms with Gasteiger partial charge in [0.1, 0.15) is 0 Å². The lowest BCUT2D eigenvalue weighted by Crippen LogP contribution is -2.48. The van der Waals surface area contributed by atoms with Crippen LogP contribution in [0.4, 0.5) is 5.69 Å². The van der Waals surface area contributed by atoms with Crippen molar-refractivity contribution in [2.24, 2.45) is 0 Å². The summed E-state index contributed by atoms with van der Waals surface area (Å²) in [5.41, 5.74) is 2.26. The van der Waals surface area contributed by atoms with Crippen molar-refractivity contribution in [3.8, 4) is 11.5 Å². The van der Waals surface area contributed by atoms with E-state index in [1.54, 1.807) is 0 Å². The van der Waals surface area contributed by atoms with Gasteiger partial charge in [-0.05, 0) is 52.7 Å². The second-order valence-electron chi connectivity index (χ2n) is 7.81. The van der Waals surface area contributed by atoms with Crippen molar-refractivity contribution in [1.29, 1.82) is 0 Å². The summed E-state index contributed by atoms with van der Waals surface area (Å²) >= 11 is 6.17. The molecule has 1 saturated heterocycles. The Morgan fingerprint density at radius 2 is 1.87 bits per heavy atom. The Morgan fingerprint density at radius 3 is 2.68 bits per heavy atom. The first-order valence-electron chi connectivity index (χ1n) is 10.6. The van der Waals surface area contributed by atoms with Crippen molar-refractivity contribution in [3.63, 3.8) is 0 Å². The van der Waals surface area contributed by atoms with Crippen LogP contribution in [0.15, 0.2) is 42.5 Å². The number of piperazine rings is 1. The molecule has 1 atom stereocenters. The average Bonchev–Trinajstić information content (AvgIpc) is 3.44. The fourth-order valence-electron chi connectivity index (χ4n) is 4.34. The second kappa shape index (κ2) is 8.72. The number of halogens is 1. The first kappa shape index (κ1) is 20.1. The maximum atomic E-state index is 6.17. The van der Waals surface area contributed by atoms with E-state index in [-0.39, 0.29) is 12.8 Å². The number of hydrogen-bond acceptors (Lipinski definition) is 7. The molecular weight excluding hydrogens is 416 g/mol. The lowest BCUT2D eigenvalue weighted by atomic mass is 10.1. The van der Waals surface area contributed by atoms with E-state index in [1.165, 1.54) is 5.69 Å². The highest BCUT2D eigenvalue weighted by Gasteiger charge is 2.28. The molecule has 0 aliphatic carbocycles. The van der Waals surface area contributed by atoms with Gasteiger partial charge in [0.05, 0.1) is 12.6 Å². The molecule has 0 amide bonds. The summed E-state index contributed by atoms with van der Waals surface area (Å²) in [7, 11) is 0. The van der Waals surface area contributed by atoms with Gasteiger partial charge in [0.25, 0.3) is 0 Å². The smallest absolute Gasteiger partial charge is 0.231 e. The molecule has 2 aromatic carbocycles. The van der Waals surface area contributed by atoms with E-state index < -0.39 is 0 Å². The quantitative estimate of drug-likeness (QED) is 0.582. The molecule has 5 rings (SSSR count). The minimum absolute atomic E-state index is 0.172. The molecule has 1 unspecified atom stereocenters. The zero-order chi connectivity index (χ0) is 21.2. The van der Waals surface area contributed by atoms with E-state index >= 15 is 0 Å². The molecule has 31 heavy (non-hydrogen) atoms. The van der Waals surface area contributed by atoms with E-state index in [4.69, 9.17) is 21.1 Å². The van der Waals surface area contributed by atoms with E-state index in [0.717, 1.165) is 60.5 Å². The molecule has 1 aromatic heterocycles. The number of aromatic nitrogens is 4. The third-order valence-electron chi connectivity index (χ3n) is 5.94. The van der Waals surface area contributed by atoms with Crippen molar-refractivity contribution in [1.82, 2.24) is 25.1 Å². The van der Waals surface area contributed by atoms with E-state index in [0.29, 0.717) is 6.54 Å². The molecule has 3 aromatic rings. The normalized spacial score (nSPS) is 17.2. The number of nitrogens with zero attached hydrogens (tertiary/aromatic N) is 6.